The lowest BCUT2D eigenvalue weighted by Crippen LogP contribution is -2.00. The van der Waals surface area contributed by atoms with Gasteiger partial charge in [-0.25, -0.2) is 0 Å². The first-order valence-electron chi connectivity index (χ1n) is 19.8. The molecule has 0 N–H and O–H groups in total. The van der Waals surface area contributed by atoms with Gasteiger partial charge in [0.25, 0.3) is 0 Å². The van der Waals surface area contributed by atoms with Crippen molar-refractivity contribution in [2.75, 3.05) is 0 Å². The molecule has 260 valence electrons. The number of benzene rings is 8. The fourth-order valence-electron chi connectivity index (χ4n) is 9.61. The summed E-state index contributed by atoms with van der Waals surface area (Å²) in [5.41, 5.74) is 21.5. The van der Waals surface area contributed by atoms with E-state index in [1.807, 2.05) is 0 Å². The van der Waals surface area contributed by atoms with E-state index in [4.69, 9.17) is 0 Å². The van der Waals surface area contributed by atoms with Crippen LogP contribution in [0.2, 0.25) is 0 Å². The Kier molecular flexibility index (Phi) is 7.62. The first kappa shape index (κ1) is 32.0. The van der Waals surface area contributed by atoms with E-state index in [1.54, 1.807) is 0 Å². The van der Waals surface area contributed by atoms with Crippen molar-refractivity contribution >= 4 is 44.3 Å². The van der Waals surface area contributed by atoms with Crippen LogP contribution in [0, 0.1) is 0 Å². The zero-order valence-corrected chi connectivity index (χ0v) is 30.9. The molecular weight excluding hydrogens is 661 g/mol. The molecule has 0 radical (unpaired) electrons. The molecule has 8 aromatic rings. The maximum Gasteiger partial charge on any atom is -0.00261 e. The van der Waals surface area contributed by atoms with Gasteiger partial charge >= 0.3 is 0 Å². The van der Waals surface area contributed by atoms with Gasteiger partial charge in [-0.3, -0.25) is 0 Å². The average molecular weight is 701 g/mol. The van der Waals surface area contributed by atoms with Crippen molar-refractivity contribution in [3.8, 4) is 22.3 Å². The van der Waals surface area contributed by atoms with Crippen LogP contribution in [0.3, 0.4) is 0 Å². The molecule has 11 rings (SSSR count). The van der Waals surface area contributed by atoms with E-state index in [0.717, 1.165) is 32.1 Å². The number of rotatable bonds is 5. The second-order valence-corrected chi connectivity index (χ2v) is 15.4. The molecule has 0 aliphatic heterocycles. The lowest BCUT2D eigenvalue weighted by Gasteiger charge is -2.21. The summed E-state index contributed by atoms with van der Waals surface area (Å²) in [5.74, 6) is 0. The summed E-state index contributed by atoms with van der Waals surface area (Å²) >= 11 is 0. The van der Waals surface area contributed by atoms with E-state index >= 15 is 0 Å². The van der Waals surface area contributed by atoms with Crippen molar-refractivity contribution in [3.63, 3.8) is 0 Å². The normalized spacial score (nSPS) is 14.5. The van der Waals surface area contributed by atoms with Gasteiger partial charge in [-0.1, -0.05) is 176 Å². The van der Waals surface area contributed by atoms with Crippen LogP contribution in [0.4, 0.5) is 0 Å². The molecule has 0 bridgehead atoms. The van der Waals surface area contributed by atoms with E-state index in [-0.39, 0.29) is 0 Å². The Balaban J connectivity index is 1.09. The maximum absolute atomic E-state index is 2.47. The van der Waals surface area contributed by atoms with Crippen molar-refractivity contribution in [1.82, 2.24) is 0 Å². The molecule has 0 saturated carbocycles. The SMILES string of the molecule is C1=C(c2ccc(-c3c4ccccc4c(-c4ccc(C5=CCCc6ccccc65)cc4)c4cc(C5=CCc6ccccc65)ccc34)cc2)CCc2ccccc21. The smallest absolute Gasteiger partial charge is 0.00261 e. The van der Waals surface area contributed by atoms with Crippen LogP contribution in [0.1, 0.15) is 62.9 Å². The van der Waals surface area contributed by atoms with Crippen molar-refractivity contribution in [2.24, 2.45) is 0 Å². The Morgan fingerprint density at radius 3 is 1.65 bits per heavy atom. The van der Waals surface area contributed by atoms with Crippen molar-refractivity contribution < 1.29 is 0 Å². The maximum atomic E-state index is 2.47. The van der Waals surface area contributed by atoms with Gasteiger partial charge in [0, 0.05) is 0 Å². The first-order valence-corrected chi connectivity index (χ1v) is 19.8. The van der Waals surface area contributed by atoms with Gasteiger partial charge in [-0.2, -0.15) is 0 Å². The summed E-state index contributed by atoms with van der Waals surface area (Å²) in [7, 11) is 0. The number of aryl methyl sites for hydroxylation is 2. The molecule has 0 unspecified atom stereocenters. The molecule has 0 spiro atoms. The molecule has 0 heteroatoms. The number of hydrogen-bond donors (Lipinski definition) is 0. The molecule has 0 aromatic heterocycles. The minimum Gasteiger partial charge on any atom is -0.0757 e. The molecule has 0 amide bonds. The second-order valence-electron chi connectivity index (χ2n) is 15.4. The average Bonchev–Trinajstić information content (AvgIpc) is 3.69. The summed E-state index contributed by atoms with van der Waals surface area (Å²) in [6, 6.07) is 61.7. The Morgan fingerprint density at radius 2 is 0.891 bits per heavy atom. The largest absolute Gasteiger partial charge is 0.0757 e. The van der Waals surface area contributed by atoms with Crippen molar-refractivity contribution in [2.45, 2.75) is 32.1 Å². The Bertz CT molecular complexity index is 2910. The molecule has 0 atom stereocenters. The molecule has 55 heavy (non-hydrogen) atoms. The summed E-state index contributed by atoms with van der Waals surface area (Å²) in [4.78, 5) is 0. The van der Waals surface area contributed by atoms with Crippen LogP contribution in [0.15, 0.2) is 176 Å². The van der Waals surface area contributed by atoms with Gasteiger partial charge in [0.15, 0.2) is 0 Å². The van der Waals surface area contributed by atoms with Crippen LogP contribution in [0.25, 0.3) is 66.6 Å². The number of allylic oxidation sites excluding steroid dienone is 3. The fourth-order valence-corrected chi connectivity index (χ4v) is 9.61. The number of hydrogen-bond acceptors (Lipinski definition) is 0. The summed E-state index contributed by atoms with van der Waals surface area (Å²) in [6.45, 7) is 0. The van der Waals surface area contributed by atoms with Gasteiger partial charge in [-0.15, -0.1) is 0 Å². The molecule has 0 heterocycles. The van der Waals surface area contributed by atoms with Gasteiger partial charge in [0.05, 0.1) is 0 Å². The first-order chi connectivity index (χ1) is 27.3. The zero-order chi connectivity index (χ0) is 36.3. The highest BCUT2D eigenvalue weighted by Gasteiger charge is 2.21. The van der Waals surface area contributed by atoms with Crippen molar-refractivity contribution in [1.29, 1.82) is 0 Å². The van der Waals surface area contributed by atoms with E-state index in [1.165, 1.54) is 111 Å². The van der Waals surface area contributed by atoms with Crippen molar-refractivity contribution in [3.05, 3.63) is 226 Å². The zero-order valence-electron chi connectivity index (χ0n) is 30.9. The highest BCUT2D eigenvalue weighted by molar-refractivity contribution is 6.22. The van der Waals surface area contributed by atoms with Gasteiger partial charge in [0.1, 0.15) is 0 Å². The van der Waals surface area contributed by atoms with E-state index < -0.39 is 0 Å². The van der Waals surface area contributed by atoms with Crippen LogP contribution in [0.5, 0.6) is 0 Å². The molecule has 3 aliphatic carbocycles. The third-order valence-electron chi connectivity index (χ3n) is 12.3. The molecule has 0 fully saturated rings. The van der Waals surface area contributed by atoms with E-state index in [0.29, 0.717) is 0 Å². The summed E-state index contributed by atoms with van der Waals surface area (Å²) in [5, 5.41) is 5.15. The standard InChI is InChI=1S/C55H40/c1-2-13-43-34-44(29-22-36(43)10-1)37-20-25-41(26-21-37)54-50-17-7-8-18-51(50)55(42-27-23-40(24-28-42)48-19-9-14-38-11-3-5-15-46(38)48)53-35-45(31-33-52(53)54)49-32-30-39-12-4-6-16-47(39)49/h1-8,10-13,15-21,23-28,31-35H,9,14,22,29-30H2. The van der Waals surface area contributed by atoms with E-state index in [2.05, 4.69) is 182 Å². The molecule has 0 saturated heterocycles. The molecule has 8 aromatic carbocycles. The predicted octanol–water partition coefficient (Wildman–Crippen LogP) is 14.2. The Labute approximate surface area is 323 Å². The third kappa shape index (κ3) is 5.44. The highest BCUT2D eigenvalue weighted by atomic mass is 14.2. The lowest BCUT2D eigenvalue weighted by molar-refractivity contribution is 0.978. The monoisotopic (exact) mass is 700 g/mol. The highest BCUT2D eigenvalue weighted by Crippen LogP contribution is 2.46. The quantitative estimate of drug-likeness (QED) is 0.157. The molecular formula is C55H40. The topological polar surface area (TPSA) is 0 Å². The molecule has 0 nitrogen and oxygen atoms in total. The third-order valence-corrected chi connectivity index (χ3v) is 12.3. The summed E-state index contributed by atoms with van der Waals surface area (Å²) in [6.07, 6.45) is 12.6. The van der Waals surface area contributed by atoms with Gasteiger partial charge in [0.2, 0.25) is 0 Å². The molecule has 3 aliphatic rings. The van der Waals surface area contributed by atoms with Gasteiger partial charge in [-0.05, 0) is 149 Å². The number of fused-ring (bicyclic) bond motifs is 5. The second kappa shape index (κ2) is 13.1. The predicted molar refractivity (Wildman–Crippen MR) is 234 cm³/mol. The van der Waals surface area contributed by atoms with Crippen LogP contribution < -0.4 is 0 Å². The van der Waals surface area contributed by atoms with Crippen LogP contribution >= 0.6 is 0 Å². The Hall–Kier alpha value is -6.50. The van der Waals surface area contributed by atoms with Crippen LogP contribution in [-0.4, -0.2) is 0 Å². The van der Waals surface area contributed by atoms with E-state index in [9.17, 15) is 0 Å². The minimum absolute atomic E-state index is 0.980. The van der Waals surface area contributed by atoms with Crippen LogP contribution in [-0.2, 0) is 19.3 Å². The van der Waals surface area contributed by atoms with Gasteiger partial charge < -0.3 is 0 Å². The Morgan fingerprint density at radius 1 is 0.345 bits per heavy atom. The summed E-state index contributed by atoms with van der Waals surface area (Å²) < 4.78 is 0. The fraction of sp³-hybridized carbons (Fsp3) is 0.0909. The lowest BCUT2D eigenvalue weighted by atomic mass is 9.83. The minimum atomic E-state index is 0.980.